The van der Waals surface area contributed by atoms with Crippen molar-refractivity contribution in [3.8, 4) is 0 Å². The first-order valence-electron chi connectivity index (χ1n) is 9.79. The summed E-state index contributed by atoms with van der Waals surface area (Å²) in [6.45, 7) is 4.82. The number of anilines is 1. The Labute approximate surface area is 169 Å². The lowest BCUT2D eigenvalue weighted by molar-refractivity contribution is -0.135. The third kappa shape index (κ3) is 4.88. The van der Waals surface area contributed by atoms with Crippen molar-refractivity contribution >= 4 is 17.8 Å². The highest BCUT2D eigenvalue weighted by Gasteiger charge is 2.33. The smallest absolute Gasteiger partial charge is 0.254 e. The van der Waals surface area contributed by atoms with Gasteiger partial charge in [-0.3, -0.25) is 9.59 Å². The van der Waals surface area contributed by atoms with Crippen LogP contribution in [0, 0.1) is 11.7 Å². The molecule has 2 aromatic rings. The molecular weight excluding hydrogens is 373 g/mol. The quantitative estimate of drug-likeness (QED) is 0.804. The van der Waals surface area contributed by atoms with Crippen molar-refractivity contribution in [3.63, 3.8) is 0 Å². The highest BCUT2D eigenvalue weighted by atomic mass is 19.1. The van der Waals surface area contributed by atoms with Crippen LogP contribution in [0.15, 0.2) is 36.5 Å². The molecule has 2 atom stereocenters. The van der Waals surface area contributed by atoms with Gasteiger partial charge in [-0.2, -0.15) is 0 Å². The summed E-state index contributed by atoms with van der Waals surface area (Å²) in [5, 5.41) is 2.72. The monoisotopic (exact) mass is 399 g/mol. The van der Waals surface area contributed by atoms with E-state index in [4.69, 9.17) is 5.73 Å². The van der Waals surface area contributed by atoms with Crippen molar-refractivity contribution in [2.24, 2.45) is 5.92 Å². The zero-order valence-electron chi connectivity index (χ0n) is 16.6. The fourth-order valence-corrected chi connectivity index (χ4v) is 3.61. The molecule has 0 aliphatic carbocycles. The molecule has 1 aliphatic rings. The Kier molecular flexibility index (Phi) is 6.41. The van der Waals surface area contributed by atoms with Gasteiger partial charge in [-0.05, 0) is 37.0 Å². The predicted octanol–water partition coefficient (Wildman–Crippen LogP) is 2.36. The second-order valence-electron chi connectivity index (χ2n) is 7.64. The molecule has 0 spiro atoms. The second-order valence-corrected chi connectivity index (χ2v) is 7.64. The molecule has 1 aliphatic heterocycles. The van der Waals surface area contributed by atoms with Crippen LogP contribution < -0.4 is 11.1 Å². The number of carbonyl (C=O) groups is 2. The van der Waals surface area contributed by atoms with Gasteiger partial charge in [0.1, 0.15) is 11.9 Å². The third-order valence-corrected chi connectivity index (χ3v) is 5.18. The molecule has 154 valence electrons. The minimum atomic E-state index is -0.740. The number of halogens is 1. The molecule has 0 unspecified atom stereocenters. The van der Waals surface area contributed by atoms with E-state index in [0.717, 1.165) is 18.5 Å². The first kappa shape index (κ1) is 20.7. The van der Waals surface area contributed by atoms with E-state index in [1.54, 1.807) is 17.2 Å². The summed E-state index contributed by atoms with van der Waals surface area (Å²) in [6, 6.07) is 6.82. The molecule has 2 heterocycles. The number of nitrogen functional groups attached to an aromatic ring is 1. The number of likely N-dealkylation sites (tertiary alicyclic amines) is 1. The number of nitrogens with one attached hydrogen (secondary N) is 1. The Bertz CT molecular complexity index is 889. The molecule has 8 heteroatoms. The Morgan fingerprint density at radius 2 is 2.03 bits per heavy atom. The summed E-state index contributed by atoms with van der Waals surface area (Å²) in [5.41, 5.74) is 6.43. The van der Waals surface area contributed by atoms with Crippen LogP contribution in [0.4, 0.5) is 10.3 Å². The van der Waals surface area contributed by atoms with E-state index in [1.165, 1.54) is 18.2 Å². The summed E-state index contributed by atoms with van der Waals surface area (Å²) in [7, 11) is 0. The third-order valence-electron chi connectivity index (χ3n) is 5.18. The number of rotatable bonds is 5. The number of hydrogen-bond acceptors (Lipinski definition) is 5. The number of hydrogen-bond donors (Lipinski definition) is 2. The van der Waals surface area contributed by atoms with Crippen molar-refractivity contribution < 1.29 is 14.0 Å². The number of benzene rings is 1. The van der Waals surface area contributed by atoms with Gasteiger partial charge in [0.25, 0.3) is 5.91 Å². The molecule has 1 aromatic heterocycles. The molecule has 1 aromatic carbocycles. The first-order valence-corrected chi connectivity index (χ1v) is 9.79. The maximum Gasteiger partial charge on any atom is 0.254 e. The Hall–Kier alpha value is -3.03. The Morgan fingerprint density at radius 1 is 1.28 bits per heavy atom. The SMILES string of the molecule is CC(C)[C@@H](NC(=O)c1ccccc1F)C(=O)N1CCC[C@@H](c2ccnc(N)n2)C1. The summed E-state index contributed by atoms with van der Waals surface area (Å²) in [6.07, 6.45) is 3.34. The highest BCUT2D eigenvalue weighted by Crippen LogP contribution is 2.26. The highest BCUT2D eigenvalue weighted by molar-refractivity contribution is 5.97. The zero-order chi connectivity index (χ0) is 21.0. The van der Waals surface area contributed by atoms with Gasteiger partial charge in [0.2, 0.25) is 11.9 Å². The fraction of sp³-hybridized carbons (Fsp3) is 0.429. The summed E-state index contributed by atoms with van der Waals surface area (Å²) in [5.74, 6) is -1.24. The molecule has 0 bridgehead atoms. The first-order chi connectivity index (χ1) is 13.9. The predicted molar refractivity (Wildman–Crippen MR) is 107 cm³/mol. The van der Waals surface area contributed by atoms with Crippen LogP contribution >= 0.6 is 0 Å². The van der Waals surface area contributed by atoms with Crippen molar-refractivity contribution in [2.75, 3.05) is 18.8 Å². The molecule has 2 amide bonds. The molecular formula is C21H26FN5O2. The maximum absolute atomic E-state index is 13.9. The van der Waals surface area contributed by atoms with Crippen LogP contribution in [0.5, 0.6) is 0 Å². The lowest BCUT2D eigenvalue weighted by Crippen LogP contribution is -2.53. The fourth-order valence-electron chi connectivity index (χ4n) is 3.61. The van der Waals surface area contributed by atoms with E-state index < -0.39 is 17.8 Å². The van der Waals surface area contributed by atoms with Gasteiger partial charge in [0, 0.05) is 25.2 Å². The molecule has 7 nitrogen and oxygen atoms in total. The average molecular weight is 399 g/mol. The molecule has 3 N–H and O–H groups in total. The number of amides is 2. The van der Waals surface area contributed by atoms with Gasteiger partial charge in [-0.15, -0.1) is 0 Å². The van der Waals surface area contributed by atoms with Crippen LogP contribution in [-0.4, -0.2) is 45.8 Å². The number of nitrogens with zero attached hydrogens (tertiary/aromatic N) is 3. The summed E-state index contributed by atoms with van der Waals surface area (Å²) < 4.78 is 13.9. The van der Waals surface area contributed by atoms with Gasteiger partial charge in [0.15, 0.2) is 0 Å². The van der Waals surface area contributed by atoms with Gasteiger partial charge in [-0.25, -0.2) is 14.4 Å². The van der Waals surface area contributed by atoms with E-state index in [9.17, 15) is 14.0 Å². The van der Waals surface area contributed by atoms with Gasteiger partial charge in [-0.1, -0.05) is 26.0 Å². The topological polar surface area (TPSA) is 101 Å². The van der Waals surface area contributed by atoms with E-state index in [2.05, 4.69) is 15.3 Å². The van der Waals surface area contributed by atoms with Gasteiger partial charge in [0.05, 0.1) is 11.3 Å². The Morgan fingerprint density at radius 3 is 2.72 bits per heavy atom. The largest absolute Gasteiger partial charge is 0.368 e. The van der Waals surface area contributed by atoms with Gasteiger partial charge >= 0.3 is 0 Å². The Balaban J connectivity index is 1.73. The van der Waals surface area contributed by atoms with Crippen LogP contribution in [0.25, 0.3) is 0 Å². The number of piperidine rings is 1. The van der Waals surface area contributed by atoms with Crippen molar-refractivity contribution in [1.29, 1.82) is 0 Å². The van der Waals surface area contributed by atoms with Crippen molar-refractivity contribution in [3.05, 3.63) is 53.6 Å². The normalized spacial score (nSPS) is 17.8. The summed E-state index contributed by atoms with van der Waals surface area (Å²) in [4.78, 5) is 35.7. The lowest BCUT2D eigenvalue weighted by atomic mass is 9.93. The number of carbonyl (C=O) groups excluding carboxylic acids is 2. The minimum Gasteiger partial charge on any atom is -0.368 e. The number of nitrogens with two attached hydrogens (primary N) is 1. The molecule has 0 saturated carbocycles. The standard InChI is InChI=1S/C21H26FN5O2/c1-13(2)18(26-19(28)15-7-3-4-8-16(15)22)20(29)27-11-5-6-14(12-27)17-9-10-24-21(23)25-17/h3-4,7-10,13-14,18H,5-6,11-12H2,1-2H3,(H,26,28)(H2,23,24,25)/t14-,18-/m1/s1. The van der Waals surface area contributed by atoms with E-state index in [1.807, 2.05) is 19.9 Å². The van der Waals surface area contributed by atoms with Crippen molar-refractivity contribution in [2.45, 2.75) is 38.6 Å². The lowest BCUT2D eigenvalue weighted by Gasteiger charge is -2.36. The molecule has 1 fully saturated rings. The van der Waals surface area contributed by atoms with Crippen LogP contribution in [-0.2, 0) is 4.79 Å². The van der Waals surface area contributed by atoms with Gasteiger partial charge < -0.3 is 16.0 Å². The molecule has 29 heavy (non-hydrogen) atoms. The van der Waals surface area contributed by atoms with Crippen LogP contribution in [0.3, 0.4) is 0 Å². The molecule has 1 saturated heterocycles. The average Bonchev–Trinajstić information content (AvgIpc) is 2.71. The number of aromatic nitrogens is 2. The molecule has 3 rings (SSSR count). The minimum absolute atomic E-state index is 0.0630. The molecule has 0 radical (unpaired) electrons. The zero-order valence-corrected chi connectivity index (χ0v) is 16.6. The van der Waals surface area contributed by atoms with Crippen molar-refractivity contribution in [1.82, 2.24) is 20.2 Å². The maximum atomic E-state index is 13.9. The van der Waals surface area contributed by atoms with E-state index in [-0.39, 0.29) is 29.3 Å². The van der Waals surface area contributed by atoms with E-state index >= 15 is 0 Å². The van der Waals surface area contributed by atoms with E-state index in [0.29, 0.717) is 13.1 Å². The summed E-state index contributed by atoms with van der Waals surface area (Å²) >= 11 is 0. The van der Waals surface area contributed by atoms with Crippen LogP contribution in [0.1, 0.15) is 48.7 Å². The van der Waals surface area contributed by atoms with Crippen LogP contribution in [0.2, 0.25) is 0 Å². The second kappa shape index (κ2) is 8.98.